The minimum Gasteiger partial charge on any atom is -0.744 e. The van der Waals surface area contributed by atoms with Crippen molar-refractivity contribution in [2.24, 2.45) is 28.6 Å². The molecule has 0 bridgehead atoms. The number of ketones is 2. The maximum atomic E-state index is 17.3. The highest BCUT2D eigenvalue weighted by Gasteiger charge is 2.75. The van der Waals surface area contributed by atoms with Crippen LogP contribution in [-0.2, 0) is 24.4 Å². The molecule has 11 heteroatoms. The molecule has 1 aromatic rings. The molecule has 0 saturated heterocycles. The maximum Gasteiger partial charge on any atom is 0.338 e. The lowest BCUT2D eigenvalue weighted by Gasteiger charge is -2.62. The van der Waals surface area contributed by atoms with Gasteiger partial charge in [0.2, 0.25) is 5.78 Å². The third-order valence-corrected chi connectivity index (χ3v) is 11.2. The molecule has 40 heavy (non-hydrogen) atoms. The van der Waals surface area contributed by atoms with E-state index >= 15 is 4.39 Å². The van der Waals surface area contributed by atoms with Gasteiger partial charge in [-0.3, -0.25) is 9.59 Å². The summed E-state index contributed by atoms with van der Waals surface area (Å²) in [7, 11) is -4.82. The molecule has 0 amide bonds. The van der Waals surface area contributed by atoms with Gasteiger partial charge in [0, 0.05) is 16.7 Å². The van der Waals surface area contributed by atoms with Crippen molar-refractivity contribution in [1.82, 2.24) is 0 Å². The van der Waals surface area contributed by atoms with Crippen molar-refractivity contribution in [1.29, 1.82) is 0 Å². The number of hydrogen-bond donors (Lipinski definition) is 2. The molecule has 8 atom stereocenters. The minimum atomic E-state index is -4.82. The van der Waals surface area contributed by atoms with Gasteiger partial charge in [0.25, 0.3) is 0 Å². The molecule has 0 aliphatic heterocycles. The van der Waals surface area contributed by atoms with Crippen LogP contribution in [0.4, 0.5) is 4.39 Å². The SMILES string of the molecule is C[C@H]1C[C@H]2[C@@H]3CCC4=CC(=O)C=C[C@@]4(C)[C@]3(F)[C@@H](O)C[C@@]2(C)[C@]1(O)C(=O)COC(=O)c1cccc(S(=O)(=O)[O-])c1. The number of rotatable bonds is 5. The first-order chi connectivity index (χ1) is 18.5. The quantitative estimate of drug-likeness (QED) is 0.398. The van der Waals surface area contributed by atoms with Crippen LogP contribution < -0.4 is 0 Å². The lowest BCUT2D eigenvalue weighted by atomic mass is 9.44. The van der Waals surface area contributed by atoms with Crippen molar-refractivity contribution in [2.75, 3.05) is 6.61 Å². The van der Waals surface area contributed by atoms with E-state index in [1.807, 2.05) is 0 Å². The van der Waals surface area contributed by atoms with Crippen LogP contribution in [0.15, 0.2) is 53.0 Å². The number of halogens is 1. The summed E-state index contributed by atoms with van der Waals surface area (Å²) >= 11 is 0. The van der Waals surface area contributed by atoms with Crippen LogP contribution in [0.2, 0.25) is 0 Å². The lowest BCUT2D eigenvalue weighted by molar-refractivity contribution is -0.219. The summed E-state index contributed by atoms with van der Waals surface area (Å²) in [4.78, 5) is 37.5. The van der Waals surface area contributed by atoms with Gasteiger partial charge in [-0.1, -0.05) is 31.6 Å². The van der Waals surface area contributed by atoms with Gasteiger partial charge in [-0.05, 0) is 74.8 Å². The molecular formula is C29H32FO9S-. The topological polar surface area (TPSA) is 158 Å². The Morgan fingerprint density at radius 1 is 1.23 bits per heavy atom. The number of carbonyl (C=O) groups excluding carboxylic acids is 3. The number of benzene rings is 1. The highest BCUT2D eigenvalue weighted by Crippen LogP contribution is 2.70. The summed E-state index contributed by atoms with van der Waals surface area (Å²) in [6.45, 7) is 4.18. The van der Waals surface area contributed by atoms with E-state index in [9.17, 15) is 37.6 Å². The smallest absolute Gasteiger partial charge is 0.338 e. The average Bonchev–Trinajstić information content (AvgIpc) is 3.09. The maximum absolute atomic E-state index is 17.3. The summed E-state index contributed by atoms with van der Waals surface area (Å²) < 4.78 is 56.3. The fourth-order valence-electron chi connectivity index (χ4n) is 8.24. The molecule has 1 aromatic carbocycles. The zero-order valence-electron chi connectivity index (χ0n) is 22.4. The molecule has 3 saturated carbocycles. The molecule has 0 heterocycles. The molecule has 216 valence electrons. The minimum absolute atomic E-state index is 0.223. The number of alkyl halides is 1. The summed E-state index contributed by atoms with van der Waals surface area (Å²) in [5.41, 5.74) is -6.24. The Labute approximate surface area is 231 Å². The lowest BCUT2D eigenvalue weighted by Crippen LogP contribution is -2.69. The predicted octanol–water partition coefficient (Wildman–Crippen LogP) is 2.66. The van der Waals surface area contributed by atoms with Crippen LogP contribution in [-0.4, -0.2) is 64.7 Å². The summed E-state index contributed by atoms with van der Waals surface area (Å²) in [6, 6.07) is 4.29. The van der Waals surface area contributed by atoms with Gasteiger partial charge in [-0.25, -0.2) is 17.6 Å². The molecule has 0 aromatic heterocycles. The second kappa shape index (κ2) is 9.14. The average molecular weight is 576 g/mol. The molecule has 4 aliphatic carbocycles. The molecule has 0 radical (unpaired) electrons. The van der Waals surface area contributed by atoms with Crippen molar-refractivity contribution in [3.8, 4) is 0 Å². The van der Waals surface area contributed by atoms with Crippen LogP contribution in [0, 0.1) is 28.6 Å². The number of allylic oxidation sites excluding steroid dienone is 4. The summed E-state index contributed by atoms with van der Waals surface area (Å²) in [5, 5.41) is 23.4. The summed E-state index contributed by atoms with van der Waals surface area (Å²) in [6.07, 6.45) is 3.60. The van der Waals surface area contributed by atoms with Gasteiger partial charge >= 0.3 is 5.97 Å². The fourth-order valence-corrected chi connectivity index (χ4v) is 8.76. The monoisotopic (exact) mass is 575 g/mol. The zero-order valence-corrected chi connectivity index (χ0v) is 23.2. The first kappa shape index (κ1) is 28.8. The van der Waals surface area contributed by atoms with Crippen LogP contribution in [0.3, 0.4) is 0 Å². The zero-order chi connectivity index (χ0) is 29.5. The molecule has 0 unspecified atom stereocenters. The van der Waals surface area contributed by atoms with Crippen LogP contribution in [0.1, 0.15) is 56.8 Å². The number of fused-ring (bicyclic) bond motifs is 5. The fraction of sp³-hybridized carbons (Fsp3) is 0.552. The Bertz CT molecular complexity index is 1470. The van der Waals surface area contributed by atoms with Crippen LogP contribution >= 0.6 is 0 Å². The van der Waals surface area contributed by atoms with Gasteiger partial charge in [0.05, 0.1) is 16.6 Å². The standard InChI is InChI=1S/C29H33FO9S/c1-16-11-22-21-8-7-18-13-19(31)9-10-26(18,2)28(21,30)23(32)14-27(22,3)29(16,35)24(33)15-39-25(34)17-5-4-6-20(12-17)40(36,37)38/h4-6,9-10,12-13,16,21-23,32,35H,7-8,11,14-15H2,1-3H3,(H,36,37,38)/p-1/t16-,21-,22-,23-,26+,27+,28+,29+/m0/s1. The number of hydrogen-bond acceptors (Lipinski definition) is 9. The van der Waals surface area contributed by atoms with Gasteiger partial charge in [0.1, 0.15) is 15.7 Å². The Morgan fingerprint density at radius 3 is 2.60 bits per heavy atom. The molecule has 0 spiro atoms. The Hall–Kier alpha value is -2.73. The highest BCUT2D eigenvalue weighted by molar-refractivity contribution is 7.85. The van der Waals surface area contributed by atoms with Crippen molar-refractivity contribution in [2.45, 2.75) is 68.7 Å². The van der Waals surface area contributed by atoms with E-state index in [2.05, 4.69) is 0 Å². The van der Waals surface area contributed by atoms with Gasteiger partial charge in [-0.15, -0.1) is 0 Å². The van der Waals surface area contributed by atoms with E-state index in [0.29, 0.717) is 24.8 Å². The van der Waals surface area contributed by atoms with Gasteiger partial charge < -0.3 is 19.5 Å². The predicted molar refractivity (Wildman–Crippen MR) is 138 cm³/mol. The van der Waals surface area contributed by atoms with E-state index in [1.54, 1.807) is 20.8 Å². The van der Waals surface area contributed by atoms with Crippen molar-refractivity contribution >= 4 is 27.7 Å². The Balaban J connectivity index is 1.41. The van der Waals surface area contributed by atoms with Gasteiger partial charge in [0.15, 0.2) is 18.1 Å². The molecule has 9 nitrogen and oxygen atoms in total. The van der Waals surface area contributed by atoms with Crippen molar-refractivity contribution in [3.63, 3.8) is 0 Å². The van der Waals surface area contributed by atoms with E-state index in [1.165, 1.54) is 30.4 Å². The molecule has 5 rings (SSSR count). The largest absolute Gasteiger partial charge is 0.744 e. The van der Waals surface area contributed by atoms with Crippen molar-refractivity contribution in [3.05, 3.63) is 53.6 Å². The van der Waals surface area contributed by atoms with Crippen LogP contribution in [0.5, 0.6) is 0 Å². The first-order valence-electron chi connectivity index (χ1n) is 13.3. The van der Waals surface area contributed by atoms with Crippen LogP contribution in [0.25, 0.3) is 0 Å². The van der Waals surface area contributed by atoms with Gasteiger partial charge in [-0.2, -0.15) is 0 Å². The number of aliphatic hydroxyl groups excluding tert-OH is 1. The Kier molecular flexibility index (Phi) is 6.58. The molecule has 3 fully saturated rings. The van der Waals surface area contributed by atoms with E-state index in [-0.39, 0.29) is 17.8 Å². The van der Waals surface area contributed by atoms with E-state index in [4.69, 9.17) is 4.74 Å². The van der Waals surface area contributed by atoms with E-state index in [0.717, 1.165) is 12.1 Å². The second-order valence-electron chi connectivity index (χ2n) is 12.1. The number of ether oxygens (including phenoxy) is 1. The number of aliphatic hydroxyl groups is 2. The Morgan fingerprint density at radius 2 is 1.93 bits per heavy atom. The third-order valence-electron chi connectivity index (χ3n) is 10.3. The normalized spacial score (nSPS) is 40.5. The molecule has 2 N–H and O–H groups in total. The highest BCUT2D eigenvalue weighted by atomic mass is 32.2. The second-order valence-corrected chi connectivity index (χ2v) is 13.5. The third kappa shape index (κ3) is 3.81. The number of esters is 1. The number of Topliss-reactive ketones (excluding diaryl/α,β-unsaturated/α-hetero) is 1. The molecular weight excluding hydrogens is 543 g/mol. The summed E-state index contributed by atoms with van der Waals surface area (Å²) in [5.74, 6) is -3.93. The molecule has 4 aliphatic rings. The van der Waals surface area contributed by atoms with E-state index < -0.39 is 79.3 Å². The number of carbonyl (C=O) groups is 3. The first-order valence-corrected chi connectivity index (χ1v) is 14.7. The van der Waals surface area contributed by atoms with Crippen molar-refractivity contribution < 1.29 is 46.7 Å².